The molecule has 0 saturated heterocycles. The van der Waals surface area contributed by atoms with Crippen molar-refractivity contribution in [1.82, 2.24) is 0 Å². The first-order valence-electron chi connectivity index (χ1n) is 7.51. The van der Waals surface area contributed by atoms with Crippen molar-refractivity contribution in [3.63, 3.8) is 0 Å². The molecule has 3 rings (SSSR count). The third-order valence-corrected chi connectivity index (χ3v) is 4.58. The largest absolute Gasteiger partial charge is 0.0807 e. The molecule has 0 unspecified atom stereocenters. The van der Waals surface area contributed by atoms with Crippen molar-refractivity contribution in [2.45, 2.75) is 43.9 Å². The van der Waals surface area contributed by atoms with Crippen LogP contribution in [0, 0.1) is 0 Å². The highest BCUT2D eigenvalue weighted by molar-refractivity contribution is 5.44. The molecule has 0 heteroatoms. The Morgan fingerprint density at radius 2 is 1.63 bits per heavy atom. The molecule has 0 nitrogen and oxygen atoms in total. The number of allylic oxidation sites excluding steroid dienone is 6. The second-order valence-corrected chi connectivity index (χ2v) is 5.69. The number of benzene rings is 1. The van der Waals surface area contributed by atoms with Gasteiger partial charge in [0, 0.05) is 5.41 Å². The first-order valence-corrected chi connectivity index (χ1v) is 7.51. The first-order chi connectivity index (χ1) is 9.42. The Morgan fingerprint density at radius 1 is 0.842 bits per heavy atom. The Kier molecular flexibility index (Phi) is 3.68. The van der Waals surface area contributed by atoms with E-state index in [0.717, 1.165) is 6.42 Å². The van der Waals surface area contributed by atoms with Gasteiger partial charge < -0.3 is 0 Å². The average Bonchev–Trinajstić information content (AvgIpc) is 2.78. The van der Waals surface area contributed by atoms with Gasteiger partial charge in [-0.2, -0.15) is 0 Å². The zero-order valence-electron chi connectivity index (χ0n) is 11.5. The average molecular weight is 250 g/mol. The van der Waals surface area contributed by atoms with Gasteiger partial charge in [0.05, 0.1) is 0 Å². The van der Waals surface area contributed by atoms with E-state index in [1.54, 1.807) is 0 Å². The summed E-state index contributed by atoms with van der Waals surface area (Å²) in [7, 11) is 0. The lowest BCUT2D eigenvalue weighted by Crippen LogP contribution is -2.30. The fourth-order valence-electron chi connectivity index (χ4n) is 3.59. The van der Waals surface area contributed by atoms with Crippen molar-refractivity contribution in [3.05, 3.63) is 71.8 Å². The van der Waals surface area contributed by atoms with Gasteiger partial charge in [0.1, 0.15) is 0 Å². The molecule has 0 amide bonds. The minimum Gasteiger partial charge on any atom is -0.0807 e. The maximum atomic E-state index is 2.43. The molecule has 1 aromatic carbocycles. The van der Waals surface area contributed by atoms with Crippen LogP contribution in [0.15, 0.2) is 66.3 Å². The Hall–Kier alpha value is -1.56. The molecule has 2 aliphatic rings. The van der Waals surface area contributed by atoms with E-state index in [1.807, 2.05) is 0 Å². The summed E-state index contributed by atoms with van der Waals surface area (Å²) in [6.07, 6.45) is 19.1. The standard InChI is InChI=1S/C19H22/c1-2-6-12-17(11-5-1)19(15-9-4-10-16-19)18-13-7-3-8-14-18/h1-3,5,7-8,11-14H,4,6,9-10,15-16H2. The summed E-state index contributed by atoms with van der Waals surface area (Å²) in [5.74, 6) is 0. The maximum absolute atomic E-state index is 2.43. The van der Waals surface area contributed by atoms with Gasteiger partial charge in [-0.1, -0.05) is 80.0 Å². The summed E-state index contributed by atoms with van der Waals surface area (Å²) < 4.78 is 0. The van der Waals surface area contributed by atoms with Gasteiger partial charge >= 0.3 is 0 Å². The smallest absolute Gasteiger partial charge is 0.0199 e. The summed E-state index contributed by atoms with van der Waals surface area (Å²) in [6, 6.07) is 11.1. The predicted octanol–water partition coefficient (Wildman–Crippen LogP) is 5.33. The van der Waals surface area contributed by atoms with Crippen LogP contribution < -0.4 is 0 Å². The Morgan fingerprint density at radius 3 is 2.42 bits per heavy atom. The van der Waals surface area contributed by atoms with Gasteiger partial charge in [0.15, 0.2) is 0 Å². The number of rotatable bonds is 2. The van der Waals surface area contributed by atoms with Gasteiger partial charge in [-0.25, -0.2) is 0 Å². The molecular weight excluding hydrogens is 228 g/mol. The molecule has 0 N–H and O–H groups in total. The molecule has 0 aromatic heterocycles. The molecule has 98 valence electrons. The van der Waals surface area contributed by atoms with Gasteiger partial charge in [-0.15, -0.1) is 0 Å². The van der Waals surface area contributed by atoms with E-state index in [9.17, 15) is 0 Å². The zero-order valence-corrected chi connectivity index (χ0v) is 11.5. The van der Waals surface area contributed by atoms with Gasteiger partial charge in [-0.3, -0.25) is 0 Å². The zero-order chi connectivity index (χ0) is 13.0. The van der Waals surface area contributed by atoms with Crippen LogP contribution in [-0.2, 0) is 5.41 Å². The van der Waals surface area contributed by atoms with E-state index in [-0.39, 0.29) is 5.41 Å². The molecular formula is C19H22. The van der Waals surface area contributed by atoms with Crippen LogP contribution in [0.2, 0.25) is 0 Å². The van der Waals surface area contributed by atoms with Crippen LogP contribution in [0.4, 0.5) is 0 Å². The molecule has 0 radical (unpaired) electrons. The van der Waals surface area contributed by atoms with E-state index in [4.69, 9.17) is 0 Å². The minimum absolute atomic E-state index is 0.266. The second-order valence-electron chi connectivity index (χ2n) is 5.69. The van der Waals surface area contributed by atoms with Crippen LogP contribution in [0.1, 0.15) is 44.1 Å². The topological polar surface area (TPSA) is 0 Å². The van der Waals surface area contributed by atoms with Crippen LogP contribution in [0.3, 0.4) is 0 Å². The summed E-state index contributed by atoms with van der Waals surface area (Å²) >= 11 is 0. The SMILES string of the molecule is C1=CCC=C(C2(c3ccccc3)CCCCC2)C=C1. The fourth-order valence-corrected chi connectivity index (χ4v) is 3.59. The monoisotopic (exact) mass is 250 g/mol. The molecule has 19 heavy (non-hydrogen) atoms. The predicted molar refractivity (Wildman–Crippen MR) is 82.2 cm³/mol. The third kappa shape index (κ3) is 2.45. The van der Waals surface area contributed by atoms with Crippen LogP contribution in [0.5, 0.6) is 0 Å². The van der Waals surface area contributed by atoms with Crippen molar-refractivity contribution in [3.8, 4) is 0 Å². The van der Waals surface area contributed by atoms with Crippen LogP contribution >= 0.6 is 0 Å². The fraction of sp³-hybridized carbons (Fsp3) is 0.368. The van der Waals surface area contributed by atoms with Crippen molar-refractivity contribution in [2.24, 2.45) is 0 Å². The second kappa shape index (κ2) is 5.61. The molecule has 1 fully saturated rings. The lowest BCUT2D eigenvalue weighted by molar-refractivity contribution is 0.344. The van der Waals surface area contributed by atoms with E-state index < -0.39 is 0 Å². The number of hydrogen-bond donors (Lipinski definition) is 0. The normalized spacial score (nSPS) is 21.8. The molecule has 0 spiro atoms. The van der Waals surface area contributed by atoms with Crippen LogP contribution in [-0.4, -0.2) is 0 Å². The lowest BCUT2D eigenvalue weighted by Gasteiger charge is -2.39. The van der Waals surface area contributed by atoms with Crippen LogP contribution in [0.25, 0.3) is 0 Å². The third-order valence-electron chi connectivity index (χ3n) is 4.58. The Balaban J connectivity index is 2.04. The summed E-state index contributed by atoms with van der Waals surface area (Å²) in [5, 5.41) is 0. The molecule has 0 atom stereocenters. The van der Waals surface area contributed by atoms with Crippen molar-refractivity contribution >= 4 is 0 Å². The molecule has 0 heterocycles. The Bertz CT molecular complexity index is 496. The molecule has 1 aromatic rings. The van der Waals surface area contributed by atoms with Gasteiger partial charge in [0.25, 0.3) is 0 Å². The summed E-state index contributed by atoms with van der Waals surface area (Å²) in [6.45, 7) is 0. The highest BCUT2D eigenvalue weighted by atomic mass is 14.4. The van der Waals surface area contributed by atoms with Gasteiger partial charge in [0.2, 0.25) is 0 Å². The van der Waals surface area contributed by atoms with E-state index in [0.29, 0.717) is 0 Å². The van der Waals surface area contributed by atoms with Crippen molar-refractivity contribution in [1.29, 1.82) is 0 Å². The minimum atomic E-state index is 0.266. The van der Waals surface area contributed by atoms with E-state index in [1.165, 1.54) is 43.2 Å². The lowest BCUT2D eigenvalue weighted by atomic mass is 9.64. The van der Waals surface area contributed by atoms with Crippen molar-refractivity contribution in [2.75, 3.05) is 0 Å². The molecule has 0 bridgehead atoms. The summed E-state index contributed by atoms with van der Waals surface area (Å²) in [4.78, 5) is 0. The molecule has 0 aliphatic heterocycles. The number of hydrogen-bond acceptors (Lipinski definition) is 0. The maximum Gasteiger partial charge on any atom is 0.0199 e. The highest BCUT2D eigenvalue weighted by Crippen LogP contribution is 2.45. The Labute approximate surface area is 116 Å². The molecule has 2 aliphatic carbocycles. The summed E-state index contributed by atoms with van der Waals surface area (Å²) in [5.41, 5.74) is 3.30. The van der Waals surface area contributed by atoms with E-state index in [2.05, 4.69) is 60.7 Å². The van der Waals surface area contributed by atoms with Crippen molar-refractivity contribution < 1.29 is 0 Å². The molecule has 1 saturated carbocycles. The highest BCUT2D eigenvalue weighted by Gasteiger charge is 2.36. The first kappa shape index (κ1) is 12.5. The van der Waals surface area contributed by atoms with Gasteiger partial charge in [-0.05, 0) is 30.4 Å². The quantitative estimate of drug-likeness (QED) is 0.665. The van der Waals surface area contributed by atoms with E-state index >= 15 is 0 Å².